The molecule has 0 radical (unpaired) electrons. The van der Waals surface area contributed by atoms with Crippen molar-refractivity contribution < 1.29 is 4.79 Å². The van der Waals surface area contributed by atoms with E-state index < -0.39 is 0 Å². The topological polar surface area (TPSA) is 34.9 Å². The van der Waals surface area contributed by atoms with E-state index in [1.807, 2.05) is 48.5 Å². The van der Waals surface area contributed by atoms with Gasteiger partial charge in [-0.2, -0.15) is 0 Å². The molecule has 18 heavy (non-hydrogen) atoms. The molecule has 0 saturated heterocycles. The van der Waals surface area contributed by atoms with E-state index >= 15 is 0 Å². The van der Waals surface area contributed by atoms with Gasteiger partial charge in [-0.3, -0.25) is 9.36 Å². The van der Waals surface area contributed by atoms with E-state index in [1.54, 1.807) is 4.57 Å². The molecule has 4 rings (SSSR count). The van der Waals surface area contributed by atoms with Crippen LogP contribution < -0.4 is 0 Å². The Morgan fingerprint density at radius 3 is 2.72 bits per heavy atom. The van der Waals surface area contributed by atoms with Crippen LogP contribution in [-0.4, -0.2) is 15.5 Å². The second-order valence-corrected chi connectivity index (χ2v) is 4.49. The molecule has 0 aliphatic carbocycles. The quantitative estimate of drug-likeness (QED) is 0.599. The van der Waals surface area contributed by atoms with Crippen molar-refractivity contribution in [3.05, 3.63) is 54.1 Å². The second-order valence-electron chi connectivity index (χ2n) is 4.49. The molecule has 2 heterocycles. The number of carbonyl (C=O) groups is 1. The van der Waals surface area contributed by atoms with E-state index in [-0.39, 0.29) is 5.91 Å². The van der Waals surface area contributed by atoms with E-state index in [1.165, 1.54) is 0 Å². The molecule has 2 aromatic carbocycles. The summed E-state index contributed by atoms with van der Waals surface area (Å²) in [6.07, 6.45) is 0.448. The maximum atomic E-state index is 12.2. The van der Waals surface area contributed by atoms with Gasteiger partial charge in [0, 0.05) is 5.56 Å². The fourth-order valence-corrected chi connectivity index (χ4v) is 2.59. The first-order chi connectivity index (χ1) is 8.84. The number of aromatic nitrogens is 2. The molecule has 1 aliphatic heterocycles. The third-order valence-electron chi connectivity index (χ3n) is 3.41. The van der Waals surface area contributed by atoms with Gasteiger partial charge in [-0.05, 0) is 17.7 Å². The number of hydrogen-bond donors (Lipinski definition) is 0. The van der Waals surface area contributed by atoms with E-state index in [4.69, 9.17) is 0 Å². The lowest BCUT2D eigenvalue weighted by molar-refractivity contribution is 0.0917. The first-order valence-corrected chi connectivity index (χ1v) is 5.93. The van der Waals surface area contributed by atoms with Gasteiger partial charge in [0.05, 0.1) is 17.5 Å². The molecule has 0 bridgehead atoms. The van der Waals surface area contributed by atoms with Crippen LogP contribution in [-0.2, 0) is 6.42 Å². The maximum absolute atomic E-state index is 12.2. The first-order valence-electron chi connectivity index (χ1n) is 5.93. The van der Waals surface area contributed by atoms with E-state index in [2.05, 4.69) is 4.98 Å². The molecule has 1 aromatic heterocycles. The molecule has 3 heteroatoms. The van der Waals surface area contributed by atoms with Crippen LogP contribution in [0, 0.1) is 0 Å². The van der Waals surface area contributed by atoms with Crippen LogP contribution in [0.4, 0.5) is 0 Å². The van der Waals surface area contributed by atoms with Gasteiger partial charge in [-0.25, -0.2) is 4.98 Å². The van der Waals surface area contributed by atoms with Gasteiger partial charge < -0.3 is 0 Å². The standard InChI is InChI=1S/C15H10N2O/c18-14-9-10-5-1-2-6-11(10)15-16-12-7-3-4-8-13(12)17(14)15/h1-8H,9H2. The summed E-state index contributed by atoms with van der Waals surface area (Å²) >= 11 is 0. The average Bonchev–Trinajstić information content (AvgIpc) is 2.79. The van der Waals surface area contributed by atoms with Gasteiger partial charge in [0.25, 0.3) is 0 Å². The van der Waals surface area contributed by atoms with Crippen molar-refractivity contribution in [2.75, 3.05) is 0 Å². The molecule has 1 aliphatic rings. The van der Waals surface area contributed by atoms with Crippen LogP contribution in [0.25, 0.3) is 22.4 Å². The van der Waals surface area contributed by atoms with Crippen molar-refractivity contribution in [1.29, 1.82) is 0 Å². The summed E-state index contributed by atoms with van der Waals surface area (Å²) in [6, 6.07) is 15.7. The highest BCUT2D eigenvalue weighted by Crippen LogP contribution is 2.31. The molecule has 0 unspecified atom stereocenters. The summed E-state index contributed by atoms with van der Waals surface area (Å²) in [5, 5.41) is 0. The predicted octanol–water partition coefficient (Wildman–Crippen LogP) is 2.90. The van der Waals surface area contributed by atoms with Crippen molar-refractivity contribution in [2.24, 2.45) is 0 Å². The SMILES string of the molecule is O=C1Cc2ccccc2-c2nc3ccccc3n21. The molecule has 86 valence electrons. The summed E-state index contributed by atoms with van der Waals surface area (Å²) in [5.41, 5.74) is 3.89. The summed E-state index contributed by atoms with van der Waals surface area (Å²) < 4.78 is 1.73. The Hall–Kier alpha value is -2.42. The van der Waals surface area contributed by atoms with Gasteiger partial charge in [0.15, 0.2) is 0 Å². The number of rotatable bonds is 0. The molecule has 0 fully saturated rings. The Labute approximate surface area is 104 Å². The van der Waals surface area contributed by atoms with Crippen LogP contribution in [0.3, 0.4) is 0 Å². The van der Waals surface area contributed by atoms with E-state index in [9.17, 15) is 4.79 Å². The highest BCUT2D eigenvalue weighted by molar-refractivity contribution is 5.99. The summed E-state index contributed by atoms with van der Waals surface area (Å²) in [6.45, 7) is 0. The minimum atomic E-state index is 0.0948. The smallest absolute Gasteiger partial charge is 0.237 e. The molecule has 0 spiro atoms. The lowest BCUT2D eigenvalue weighted by Crippen LogP contribution is -2.20. The normalized spacial score (nSPS) is 13.4. The number of imidazole rings is 1. The van der Waals surface area contributed by atoms with E-state index in [0.29, 0.717) is 6.42 Å². The lowest BCUT2D eigenvalue weighted by atomic mass is 10.0. The zero-order chi connectivity index (χ0) is 12.1. The fourth-order valence-electron chi connectivity index (χ4n) is 2.59. The van der Waals surface area contributed by atoms with Gasteiger partial charge in [-0.15, -0.1) is 0 Å². The van der Waals surface area contributed by atoms with Gasteiger partial charge in [0.2, 0.25) is 5.91 Å². The minimum absolute atomic E-state index is 0.0948. The number of nitrogens with zero attached hydrogens (tertiary/aromatic N) is 2. The average molecular weight is 234 g/mol. The Morgan fingerprint density at radius 1 is 1.00 bits per heavy atom. The molecule has 3 aromatic rings. The number of fused-ring (bicyclic) bond motifs is 5. The summed E-state index contributed by atoms with van der Waals surface area (Å²) in [4.78, 5) is 16.8. The Morgan fingerprint density at radius 2 is 1.78 bits per heavy atom. The summed E-state index contributed by atoms with van der Waals surface area (Å²) in [7, 11) is 0. The number of carbonyl (C=O) groups excluding carboxylic acids is 1. The summed E-state index contributed by atoms with van der Waals surface area (Å²) in [5.74, 6) is 0.862. The molecular weight excluding hydrogens is 224 g/mol. The van der Waals surface area contributed by atoms with Crippen molar-refractivity contribution >= 4 is 16.9 Å². The first kappa shape index (κ1) is 9.59. The molecule has 3 nitrogen and oxygen atoms in total. The number of benzene rings is 2. The second kappa shape index (κ2) is 3.29. The van der Waals surface area contributed by atoms with Crippen LogP contribution in [0.15, 0.2) is 48.5 Å². The zero-order valence-electron chi connectivity index (χ0n) is 9.63. The van der Waals surface area contributed by atoms with Crippen molar-refractivity contribution in [3.63, 3.8) is 0 Å². The Kier molecular flexibility index (Phi) is 1.75. The van der Waals surface area contributed by atoms with Gasteiger partial charge in [0.1, 0.15) is 5.82 Å². The predicted molar refractivity (Wildman–Crippen MR) is 69.5 cm³/mol. The molecule has 0 amide bonds. The van der Waals surface area contributed by atoms with Crippen LogP contribution in [0.2, 0.25) is 0 Å². The number of hydrogen-bond acceptors (Lipinski definition) is 2. The lowest BCUT2D eigenvalue weighted by Gasteiger charge is -2.16. The highest BCUT2D eigenvalue weighted by atomic mass is 16.2. The Bertz CT molecular complexity index is 786. The maximum Gasteiger partial charge on any atom is 0.237 e. The number of para-hydroxylation sites is 2. The van der Waals surface area contributed by atoms with Gasteiger partial charge in [-0.1, -0.05) is 36.4 Å². The van der Waals surface area contributed by atoms with Crippen LogP contribution in [0.1, 0.15) is 10.4 Å². The van der Waals surface area contributed by atoms with Gasteiger partial charge >= 0.3 is 0 Å². The van der Waals surface area contributed by atoms with Crippen LogP contribution in [0.5, 0.6) is 0 Å². The molecule has 0 N–H and O–H groups in total. The largest absolute Gasteiger partial charge is 0.274 e. The third kappa shape index (κ3) is 1.13. The minimum Gasteiger partial charge on any atom is -0.274 e. The van der Waals surface area contributed by atoms with Crippen molar-refractivity contribution in [2.45, 2.75) is 6.42 Å². The fraction of sp³-hybridized carbons (Fsp3) is 0.0667. The molecule has 0 atom stereocenters. The van der Waals surface area contributed by atoms with Crippen molar-refractivity contribution in [3.8, 4) is 11.4 Å². The highest BCUT2D eigenvalue weighted by Gasteiger charge is 2.25. The monoisotopic (exact) mass is 234 g/mol. The zero-order valence-corrected chi connectivity index (χ0v) is 9.63. The van der Waals surface area contributed by atoms with Crippen LogP contribution >= 0.6 is 0 Å². The molecule has 0 saturated carbocycles. The molecular formula is C15H10N2O. The van der Waals surface area contributed by atoms with E-state index in [0.717, 1.165) is 28.0 Å². The Balaban J connectivity index is 2.16. The van der Waals surface area contributed by atoms with Crippen molar-refractivity contribution in [1.82, 2.24) is 9.55 Å². The third-order valence-corrected chi connectivity index (χ3v) is 3.41.